The summed E-state index contributed by atoms with van der Waals surface area (Å²) in [5.74, 6) is 0.654. The van der Waals surface area contributed by atoms with Crippen LogP contribution in [0.25, 0.3) is 0 Å². The van der Waals surface area contributed by atoms with Crippen molar-refractivity contribution in [3.05, 3.63) is 39.9 Å². The molecule has 0 spiro atoms. The van der Waals surface area contributed by atoms with Crippen molar-refractivity contribution in [3.63, 3.8) is 0 Å². The van der Waals surface area contributed by atoms with Crippen LogP contribution in [0.5, 0.6) is 0 Å². The van der Waals surface area contributed by atoms with Gasteiger partial charge in [-0.05, 0) is 12.0 Å². The number of nitrogens with zero attached hydrogens (tertiary/aromatic N) is 2. The van der Waals surface area contributed by atoms with E-state index in [-0.39, 0.29) is 29.7 Å². The van der Waals surface area contributed by atoms with Gasteiger partial charge in [0.15, 0.2) is 5.96 Å². The molecule has 9 heteroatoms. The topological polar surface area (TPSA) is 98.0 Å². The molecule has 148 valence electrons. The molecule has 0 amide bonds. The first-order chi connectivity index (χ1) is 12.2. The van der Waals surface area contributed by atoms with Crippen molar-refractivity contribution in [3.8, 4) is 0 Å². The number of nitrogens with one attached hydrogen (secondary N) is 2. The third kappa shape index (κ3) is 11.2. The molecule has 0 unspecified atom stereocenters. The zero-order chi connectivity index (χ0) is 18.3. The summed E-state index contributed by atoms with van der Waals surface area (Å²) in [6.07, 6.45) is 2.22. The van der Waals surface area contributed by atoms with Gasteiger partial charge < -0.3 is 20.1 Å². The maximum Gasteiger partial charge on any atom is 0.269 e. The molecule has 0 heterocycles. The van der Waals surface area contributed by atoms with E-state index in [0.717, 1.165) is 25.0 Å². The Labute approximate surface area is 171 Å². The second-order valence-electron chi connectivity index (χ2n) is 5.35. The Hall–Kier alpha value is -1.46. The molecule has 0 bridgehead atoms. The lowest BCUT2D eigenvalue weighted by atomic mass is 10.2. The molecule has 1 aromatic rings. The van der Waals surface area contributed by atoms with E-state index in [2.05, 4.69) is 22.5 Å². The molecule has 0 atom stereocenters. The predicted octanol–water partition coefficient (Wildman–Crippen LogP) is 2.71. The number of rotatable bonds is 12. The number of ether oxygens (including phenoxy) is 2. The van der Waals surface area contributed by atoms with Crippen molar-refractivity contribution in [1.29, 1.82) is 0 Å². The standard InChI is InChI=1S/C17H28N4O4.HI/c1-3-4-10-24-12-13-25-11-9-19-17(18-2)20-14-15-5-7-16(8-6-15)21(22)23;/h5-8H,3-4,9-14H2,1-2H3,(H2,18,19,20);1H. The Morgan fingerprint density at radius 3 is 2.35 bits per heavy atom. The van der Waals surface area contributed by atoms with E-state index in [9.17, 15) is 10.1 Å². The molecule has 0 aromatic heterocycles. The minimum absolute atomic E-state index is 0. The summed E-state index contributed by atoms with van der Waals surface area (Å²) in [6, 6.07) is 6.42. The van der Waals surface area contributed by atoms with E-state index in [4.69, 9.17) is 9.47 Å². The Bertz CT molecular complexity index is 526. The first kappa shape index (κ1) is 24.5. The van der Waals surface area contributed by atoms with E-state index in [1.165, 1.54) is 12.1 Å². The number of non-ortho nitro benzene ring substituents is 1. The Morgan fingerprint density at radius 1 is 1.12 bits per heavy atom. The van der Waals surface area contributed by atoms with Crippen LogP contribution in [0, 0.1) is 10.1 Å². The quantitative estimate of drug-likeness (QED) is 0.119. The van der Waals surface area contributed by atoms with Crippen LogP contribution >= 0.6 is 24.0 Å². The van der Waals surface area contributed by atoms with Gasteiger partial charge >= 0.3 is 0 Å². The molecule has 1 rings (SSSR count). The molecule has 26 heavy (non-hydrogen) atoms. The van der Waals surface area contributed by atoms with E-state index in [0.29, 0.717) is 38.9 Å². The fourth-order valence-corrected chi connectivity index (χ4v) is 1.95. The van der Waals surface area contributed by atoms with Crippen molar-refractivity contribution in [2.75, 3.05) is 40.0 Å². The third-order valence-corrected chi connectivity index (χ3v) is 3.38. The largest absolute Gasteiger partial charge is 0.379 e. The Balaban J connectivity index is 0.00000625. The predicted molar refractivity (Wildman–Crippen MR) is 113 cm³/mol. The number of aliphatic imine (C=N–C) groups is 1. The number of hydrogen-bond donors (Lipinski definition) is 2. The summed E-state index contributed by atoms with van der Waals surface area (Å²) in [7, 11) is 1.69. The van der Waals surface area contributed by atoms with Gasteiger partial charge in [0, 0.05) is 38.9 Å². The first-order valence-corrected chi connectivity index (χ1v) is 8.50. The molecule has 1 aromatic carbocycles. The average Bonchev–Trinajstić information content (AvgIpc) is 2.63. The van der Waals surface area contributed by atoms with Crippen LogP contribution in [-0.4, -0.2) is 50.9 Å². The van der Waals surface area contributed by atoms with Crippen LogP contribution in [0.1, 0.15) is 25.3 Å². The van der Waals surface area contributed by atoms with Crippen LogP contribution < -0.4 is 10.6 Å². The minimum Gasteiger partial charge on any atom is -0.379 e. The van der Waals surface area contributed by atoms with E-state index >= 15 is 0 Å². The zero-order valence-electron chi connectivity index (χ0n) is 15.4. The van der Waals surface area contributed by atoms with Crippen molar-refractivity contribution >= 4 is 35.6 Å². The van der Waals surface area contributed by atoms with Gasteiger partial charge in [-0.3, -0.25) is 15.1 Å². The number of guanidine groups is 1. The normalized spacial score (nSPS) is 10.9. The number of nitro groups is 1. The van der Waals surface area contributed by atoms with Gasteiger partial charge in [0.05, 0.1) is 24.7 Å². The summed E-state index contributed by atoms with van der Waals surface area (Å²) in [6.45, 7) is 5.85. The lowest BCUT2D eigenvalue weighted by Gasteiger charge is -2.12. The third-order valence-electron chi connectivity index (χ3n) is 3.38. The molecule has 0 aliphatic rings. The fraction of sp³-hybridized carbons (Fsp3) is 0.588. The molecule has 0 aliphatic heterocycles. The first-order valence-electron chi connectivity index (χ1n) is 8.50. The van der Waals surface area contributed by atoms with Crippen molar-refractivity contribution in [2.24, 2.45) is 4.99 Å². The molecular weight excluding hydrogens is 451 g/mol. The molecule has 0 saturated heterocycles. The molecule has 0 aliphatic carbocycles. The monoisotopic (exact) mass is 480 g/mol. The summed E-state index contributed by atoms with van der Waals surface area (Å²) < 4.78 is 10.9. The maximum atomic E-state index is 10.6. The van der Waals surface area contributed by atoms with Crippen LogP contribution in [-0.2, 0) is 16.0 Å². The molecule has 2 N–H and O–H groups in total. The van der Waals surface area contributed by atoms with Gasteiger partial charge in [-0.25, -0.2) is 0 Å². The number of benzene rings is 1. The van der Waals surface area contributed by atoms with Gasteiger partial charge in [0.2, 0.25) is 0 Å². The highest BCUT2D eigenvalue weighted by atomic mass is 127. The van der Waals surface area contributed by atoms with E-state index in [1.54, 1.807) is 19.2 Å². The smallest absolute Gasteiger partial charge is 0.269 e. The highest BCUT2D eigenvalue weighted by molar-refractivity contribution is 14.0. The van der Waals surface area contributed by atoms with Gasteiger partial charge in [0.25, 0.3) is 5.69 Å². The Morgan fingerprint density at radius 2 is 1.77 bits per heavy atom. The number of nitro benzene ring substituents is 1. The second kappa shape index (κ2) is 15.8. The molecule has 0 saturated carbocycles. The summed E-state index contributed by atoms with van der Waals surface area (Å²) in [5.41, 5.74) is 1.02. The van der Waals surface area contributed by atoms with E-state index < -0.39 is 4.92 Å². The van der Waals surface area contributed by atoms with Crippen LogP contribution in [0.3, 0.4) is 0 Å². The molecule has 0 fully saturated rings. The second-order valence-corrected chi connectivity index (χ2v) is 5.35. The lowest BCUT2D eigenvalue weighted by molar-refractivity contribution is -0.384. The highest BCUT2D eigenvalue weighted by Crippen LogP contribution is 2.11. The van der Waals surface area contributed by atoms with Gasteiger partial charge in [-0.2, -0.15) is 0 Å². The van der Waals surface area contributed by atoms with Crippen LogP contribution in [0.15, 0.2) is 29.3 Å². The van der Waals surface area contributed by atoms with Gasteiger partial charge in [-0.1, -0.05) is 25.5 Å². The number of hydrogen-bond acceptors (Lipinski definition) is 5. The Kier molecular flexibility index (Phi) is 14.9. The van der Waals surface area contributed by atoms with Crippen molar-refractivity contribution in [1.82, 2.24) is 10.6 Å². The summed E-state index contributed by atoms with van der Waals surface area (Å²) >= 11 is 0. The lowest BCUT2D eigenvalue weighted by Crippen LogP contribution is -2.38. The zero-order valence-corrected chi connectivity index (χ0v) is 17.7. The summed E-state index contributed by atoms with van der Waals surface area (Å²) in [4.78, 5) is 14.3. The van der Waals surface area contributed by atoms with Crippen molar-refractivity contribution in [2.45, 2.75) is 26.3 Å². The van der Waals surface area contributed by atoms with Gasteiger partial charge in [-0.15, -0.1) is 24.0 Å². The number of halogens is 1. The molecule has 8 nitrogen and oxygen atoms in total. The molecular formula is C17H29IN4O4. The van der Waals surface area contributed by atoms with Crippen LogP contribution in [0.2, 0.25) is 0 Å². The highest BCUT2D eigenvalue weighted by Gasteiger charge is 2.04. The number of unbranched alkanes of at least 4 members (excludes halogenated alkanes) is 1. The summed E-state index contributed by atoms with van der Waals surface area (Å²) in [5, 5.41) is 16.9. The maximum absolute atomic E-state index is 10.6. The van der Waals surface area contributed by atoms with Crippen molar-refractivity contribution < 1.29 is 14.4 Å². The minimum atomic E-state index is -0.410. The van der Waals surface area contributed by atoms with Gasteiger partial charge in [0.1, 0.15) is 0 Å². The van der Waals surface area contributed by atoms with E-state index in [1.807, 2.05) is 0 Å². The SMILES string of the molecule is CCCCOCCOCCNC(=NC)NCc1ccc([N+](=O)[O-])cc1.I. The molecule has 0 radical (unpaired) electrons. The average molecular weight is 480 g/mol. The fourth-order valence-electron chi connectivity index (χ4n) is 1.95. The van der Waals surface area contributed by atoms with Crippen LogP contribution in [0.4, 0.5) is 5.69 Å².